The fraction of sp³-hybridized carbons (Fsp3) is 0.0714. The number of nitrogens with zero attached hydrogens (tertiary/aromatic N) is 1. The van der Waals surface area contributed by atoms with Gasteiger partial charge in [0.2, 0.25) is 0 Å². The van der Waals surface area contributed by atoms with Crippen molar-refractivity contribution in [1.29, 1.82) is 0 Å². The van der Waals surface area contributed by atoms with Crippen molar-refractivity contribution in [1.82, 2.24) is 0 Å². The number of nitro benzene ring substituents is 1. The van der Waals surface area contributed by atoms with Crippen molar-refractivity contribution in [3.05, 3.63) is 63.5 Å². The molecule has 0 aliphatic carbocycles. The van der Waals surface area contributed by atoms with Gasteiger partial charge in [0, 0.05) is 11.6 Å². The van der Waals surface area contributed by atoms with Gasteiger partial charge in [-0.2, -0.15) is 0 Å². The average molecular weight is 291 g/mol. The molecule has 0 aliphatic rings. The summed E-state index contributed by atoms with van der Waals surface area (Å²) in [6, 6.07) is 7.04. The first-order valence-corrected chi connectivity index (χ1v) is 5.84. The van der Waals surface area contributed by atoms with Crippen molar-refractivity contribution in [3.63, 3.8) is 0 Å². The van der Waals surface area contributed by atoms with E-state index in [0.29, 0.717) is 5.56 Å². The van der Waals surface area contributed by atoms with Gasteiger partial charge in [-0.25, -0.2) is 9.18 Å². The summed E-state index contributed by atoms with van der Waals surface area (Å²) in [5.74, 6) is -2.12. The van der Waals surface area contributed by atoms with Gasteiger partial charge in [-0.15, -0.1) is 0 Å². The molecule has 2 aromatic rings. The van der Waals surface area contributed by atoms with Crippen LogP contribution in [0, 0.1) is 22.9 Å². The van der Waals surface area contributed by atoms with Crippen LogP contribution in [0.4, 0.5) is 10.1 Å². The van der Waals surface area contributed by atoms with Gasteiger partial charge in [0.1, 0.15) is 22.9 Å². The second-order valence-corrected chi connectivity index (χ2v) is 4.25. The molecule has 6 nitrogen and oxygen atoms in total. The van der Waals surface area contributed by atoms with Gasteiger partial charge in [0.15, 0.2) is 0 Å². The molecule has 0 aliphatic heterocycles. The third kappa shape index (κ3) is 3.14. The highest BCUT2D eigenvalue weighted by molar-refractivity contribution is 5.91. The van der Waals surface area contributed by atoms with E-state index in [9.17, 15) is 19.3 Å². The van der Waals surface area contributed by atoms with E-state index in [1.807, 2.05) is 0 Å². The number of benzene rings is 2. The van der Waals surface area contributed by atoms with Gasteiger partial charge >= 0.3 is 5.97 Å². The zero-order chi connectivity index (χ0) is 15.6. The predicted molar refractivity (Wildman–Crippen MR) is 71.3 cm³/mol. The summed E-state index contributed by atoms with van der Waals surface area (Å²) in [6.45, 7) is 1.56. The van der Waals surface area contributed by atoms with Gasteiger partial charge < -0.3 is 9.84 Å². The summed E-state index contributed by atoms with van der Waals surface area (Å²) in [5, 5.41) is 19.9. The standard InChI is InChI=1S/C14H10FNO5/c1-8-2-4-10(7-12(8)16(19)20)21-13-6-9(15)3-5-11(13)14(17)18/h2-7H,1H3,(H,17,18). The first-order chi connectivity index (χ1) is 9.88. The van der Waals surface area contributed by atoms with Crippen LogP contribution < -0.4 is 4.74 Å². The third-order valence-electron chi connectivity index (χ3n) is 2.78. The summed E-state index contributed by atoms with van der Waals surface area (Å²) in [5.41, 5.74) is 0.0328. The summed E-state index contributed by atoms with van der Waals surface area (Å²) in [4.78, 5) is 21.3. The smallest absolute Gasteiger partial charge is 0.339 e. The Morgan fingerprint density at radius 1 is 1.29 bits per heavy atom. The molecule has 0 aromatic heterocycles. The van der Waals surface area contributed by atoms with Crippen LogP contribution in [0.25, 0.3) is 0 Å². The Morgan fingerprint density at radius 3 is 2.62 bits per heavy atom. The normalized spacial score (nSPS) is 10.2. The van der Waals surface area contributed by atoms with Crippen LogP contribution in [0.1, 0.15) is 15.9 Å². The average Bonchev–Trinajstić information content (AvgIpc) is 2.40. The lowest BCUT2D eigenvalue weighted by Crippen LogP contribution is -2.01. The summed E-state index contributed by atoms with van der Waals surface area (Å²) >= 11 is 0. The van der Waals surface area contributed by atoms with Crippen LogP contribution in [0.15, 0.2) is 36.4 Å². The van der Waals surface area contributed by atoms with E-state index in [4.69, 9.17) is 9.84 Å². The van der Waals surface area contributed by atoms with Crippen molar-refractivity contribution >= 4 is 11.7 Å². The predicted octanol–water partition coefficient (Wildman–Crippen LogP) is 3.53. The fourth-order valence-corrected chi connectivity index (χ4v) is 1.73. The van der Waals surface area contributed by atoms with Crippen LogP contribution in [-0.4, -0.2) is 16.0 Å². The molecule has 0 atom stereocenters. The minimum Gasteiger partial charge on any atom is -0.478 e. The summed E-state index contributed by atoms with van der Waals surface area (Å²) in [6.07, 6.45) is 0. The molecule has 0 amide bonds. The number of halogens is 1. The lowest BCUT2D eigenvalue weighted by molar-refractivity contribution is -0.385. The highest BCUT2D eigenvalue weighted by atomic mass is 19.1. The molecule has 0 radical (unpaired) electrons. The van der Waals surface area contributed by atoms with Gasteiger partial charge in [0.25, 0.3) is 5.69 Å². The van der Waals surface area contributed by atoms with E-state index in [2.05, 4.69) is 0 Å². The molecule has 7 heteroatoms. The molecule has 0 heterocycles. The van der Waals surface area contributed by atoms with Crippen molar-refractivity contribution in [2.24, 2.45) is 0 Å². The van der Waals surface area contributed by atoms with Crippen LogP contribution in [0.3, 0.4) is 0 Å². The van der Waals surface area contributed by atoms with E-state index in [1.54, 1.807) is 6.92 Å². The highest BCUT2D eigenvalue weighted by Gasteiger charge is 2.16. The van der Waals surface area contributed by atoms with E-state index >= 15 is 0 Å². The largest absolute Gasteiger partial charge is 0.478 e. The number of aromatic carboxylic acids is 1. The maximum absolute atomic E-state index is 13.2. The Balaban J connectivity index is 2.43. The molecule has 0 saturated carbocycles. The number of hydrogen-bond acceptors (Lipinski definition) is 4. The molecule has 0 saturated heterocycles. The number of ether oxygens (including phenoxy) is 1. The zero-order valence-electron chi connectivity index (χ0n) is 10.9. The Kier molecular flexibility index (Phi) is 3.84. The molecule has 108 valence electrons. The zero-order valence-corrected chi connectivity index (χ0v) is 10.9. The van der Waals surface area contributed by atoms with Crippen molar-refractivity contribution < 1.29 is 24.0 Å². The quantitative estimate of drug-likeness (QED) is 0.687. The van der Waals surface area contributed by atoms with Crippen molar-refractivity contribution in [2.45, 2.75) is 6.92 Å². The number of rotatable bonds is 4. The maximum atomic E-state index is 13.2. The topological polar surface area (TPSA) is 89.7 Å². The number of aryl methyl sites for hydroxylation is 1. The minimum absolute atomic E-state index is 0.0559. The maximum Gasteiger partial charge on any atom is 0.339 e. The monoisotopic (exact) mass is 291 g/mol. The second kappa shape index (κ2) is 5.58. The molecule has 0 unspecified atom stereocenters. The lowest BCUT2D eigenvalue weighted by atomic mass is 10.2. The van der Waals surface area contributed by atoms with Crippen molar-refractivity contribution in [3.8, 4) is 11.5 Å². The second-order valence-electron chi connectivity index (χ2n) is 4.25. The molecular formula is C14H10FNO5. The Labute approximate surface area is 118 Å². The molecule has 0 fully saturated rings. The molecular weight excluding hydrogens is 281 g/mol. The van der Waals surface area contributed by atoms with E-state index in [-0.39, 0.29) is 22.7 Å². The SMILES string of the molecule is Cc1ccc(Oc2cc(F)ccc2C(=O)O)cc1[N+](=O)[O-]. The third-order valence-corrected chi connectivity index (χ3v) is 2.78. The van der Waals surface area contributed by atoms with E-state index in [1.165, 1.54) is 12.1 Å². The van der Waals surface area contributed by atoms with E-state index in [0.717, 1.165) is 24.3 Å². The molecule has 0 spiro atoms. The highest BCUT2D eigenvalue weighted by Crippen LogP contribution is 2.30. The number of hydrogen-bond donors (Lipinski definition) is 1. The van der Waals surface area contributed by atoms with Crippen LogP contribution in [0.5, 0.6) is 11.5 Å². The number of carboxylic acid groups (broad SMARTS) is 1. The Bertz CT molecular complexity index is 729. The Hall–Kier alpha value is -2.96. The number of nitro groups is 1. The first kappa shape index (κ1) is 14.4. The Morgan fingerprint density at radius 2 is 2.00 bits per heavy atom. The van der Waals surface area contributed by atoms with E-state index < -0.39 is 16.7 Å². The number of carboxylic acids is 1. The molecule has 2 aromatic carbocycles. The van der Waals surface area contributed by atoms with Gasteiger partial charge in [0.05, 0.1) is 11.0 Å². The first-order valence-electron chi connectivity index (χ1n) is 5.84. The minimum atomic E-state index is -1.29. The molecule has 2 rings (SSSR count). The van der Waals surface area contributed by atoms with Crippen LogP contribution >= 0.6 is 0 Å². The van der Waals surface area contributed by atoms with Crippen LogP contribution in [0.2, 0.25) is 0 Å². The van der Waals surface area contributed by atoms with Gasteiger partial charge in [-0.1, -0.05) is 0 Å². The fourth-order valence-electron chi connectivity index (χ4n) is 1.73. The number of carbonyl (C=O) groups is 1. The van der Waals surface area contributed by atoms with Gasteiger partial charge in [-0.05, 0) is 31.2 Å². The summed E-state index contributed by atoms with van der Waals surface area (Å²) < 4.78 is 18.5. The van der Waals surface area contributed by atoms with Crippen molar-refractivity contribution in [2.75, 3.05) is 0 Å². The molecule has 1 N–H and O–H groups in total. The lowest BCUT2D eigenvalue weighted by Gasteiger charge is -2.09. The molecule has 21 heavy (non-hydrogen) atoms. The van der Waals surface area contributed by atoms with Gasteiger partial charge in [-0.3, -0.25) is 10.1 Å². The molecule has 0 bridgehead atoms. The summed E-state index contributed by atoms with van der Waals surface area (Å²) in [7, 11) is 0. The van der Waals surface area contributed by atoms with Crippen LogP contribution in [-0.2, 0) is 0 Å².